The first-order chi connectivity index (χ1) is 7.60. The number of ether oxygens (including phenoxy) is 1. The lowest BCUT2D eigenvalue weighted by atomic mass is 9.96. The summed E-state index contributed by atoms with van der Waals surface area (Å²) in [7, 11) is 3.17. The molecule has 0 radical (unpaired) electrons. The number of esters is 1. The van der Waals surface area contributed by atoms with Crippen molar-refractivity contribution in [1.82, 2.24) is 10.2 Å². The topological polar surface area (TPSA) is 58.6 Å². The smallest absolute Gasteiger partial charge is 0.308 e. The van der Waals surface area contributed by atoms with Crippen LogP contribution in [0.3, 0.4) is 0 Å². The van der Waals surface area contributed by atoms with E-state index in [0.29, 0.717) is 25.9 Å². The molecule has 0 aliphatic carbocycles. The lowest BCUT2D eigenvalue weighted by Gasteiger charge is -2.32. The van der Waals surface area contributed by atoms with Crippen LogP contribution in [0.25, 0.3) is 0 Å². The molecule has 16 heavy (non-hydrogen) atoms. The van der Waals surface area contributed by atoms with Gasteiger partial charge in [-0.25, -0.2) is 0 Å². The molecule has 1 amide bonds. The number of piperidine rings is 1. The molecule has 1 heterocycles. The minimum absolute atomic E-state index is 0.0426. The average Bonchev–Trinajstić information content (AvgIpc) is 2.36. The first-order valence-corrected chi connectivity index (χ1v) is 5.64. The Morgan fingerprint density at radius 1 is 1.38 bits per heavy atom. The third kappa shape index (κ3) is 2.95. The van der Waals surface area contributed by atoms with Crippen molar-refractivity contribution in [1.29, 1.82) is 0 Å². The van der Waals surface area contributed by atoms with E-state index in [9.17, 15) is 9.59 Å². The largest absolute Gasteiger partial charge is 0.469 e. The number of hydrogen-bond acceptors (Lipinski definition) is 4. The Bertz CT molecular complexity index is 260. The Morgan fingerprint density at radius 2 is 1.94 bits per heavy atom. The molecule has 5 nitrogen and oxygen atoms in total. The minimum atomic E-state index is -0.159. The Hall–Kier alpha value is -1.10. The Morgan fingerprint density at radius 3 is 2.38 bits per heavy atom. The van der Waals surface area contributed by atoms with Crippen molar-refractivity contribution in [3.8, 4) is 0 Å². The summed E-state index contributed by atoms with van der Waals surface area (Å²) in [5, 5.41) is 2.92. The average molecular weight is 228 g/mol. The third-order valence-corrected chi connectivity index (χ3v) is 3.14. The molecule has 1 fully saturated rings. The van der Waals surface area contributed by atoms with Gasteiger partial charge in [0.1, 0.15) is 0 Å². The third-order valence-electron chi connectivity index (χ3n) is 3.14. The number of carbonyl (C=O) groups is 2. The van der Waals surface area contributed by atoms with Gasteiger partial charge in [0.2, 0.25) is 5.91 Å². The van der Waals surface area contributed by atoms with E-state index in [1.165, 1.54) is 7.11 Å². The second-order valence-electron chi connectivity index (χ2n) is 4.13. The van der Waals surface area contributed by atoms with E-state index in [1.807, 2.05) is 6.92 Å². The van der Waals surface area contributed by atoms with Gasteiger partial charge < -0.3 is 15.0 Å². The van der Waals surface area contributed by atoms with Crippen LogP contribution in [0.15, 0.2) is 0 Å². The van der Waals surface area contributed by atoms with Gasteiger partial charge in [0.25, 0.3) is 0 Å². The van der Waals surface area contributed by atoms with Crippen molar-refractivity contribution < 1.29 is 14.3 Å². The summed E-state index contributed by atoms with van der Waals surface area (Å²) in [5.41, 5.74) is 0. The summed E-state index contributed by atoms with van der Waals surface area (Å²) in [4.78, 5) is 24.9. The normalized spacial score (nSPS) is 19.3. The summed E-state index contributed by atoms with van der Waals surface area (Å²) in [6.07, 6.45) is 1.41. The molecule has 1 aliphatic heterocycles. The van der Waals surface area contributed by atoms with Crippen molar-refractivity contribution in [3.63, 3.8) is 0 Å². The number of methoxy groups -OCH3 is 1. The van der Waals surface area contributed by atoms with Gasteiger partial charge >= 0.3 is 5.97 Å². The molecular weight excluding hydrogens is 208 g/mol. The monoisotopic (exact) mass is 228 g/mol. The van der Waals surface area contributed by atoms with Crippen LogP contribution in [0.5, 0.6) is 0 Å². The molecule has 0 aromatic carbocycles. The number of amides is 1. The Balaban J connectivity index is 2.43. The van der Waals surface area contributed by atoms with Crippen molar-refractivity contribution >= 4 is 11.9 Å². The van der Waals surface area contributed by atoms with E-state index in [4.69, 9.17) is 4.74 Å². The van der Waals surface area contributed by atoms with Crippen LogP contribution < -0.4 is 5.32 Å². The molecule has 92 valence electrons. The maximum Gasteiger partial charge on any atom is 0.308 e. The lowest BCUT2D eigenvalue weighted by Crippen LogP contribution is -2.47. The highest BCUT2D eigenvalue weighted by molar-refractivity contribution is 5.82. The van der Waals surface area contributed by atoms with Gasteiger partial charge in [0.05, 0.1) is 19.1 Å². The van der Waals surface area contributed by atoms with Gasteiger partial charge in [-0.15, -0.1) is 0 Å². The molecule has 1 aliphatic rings. The summed E-state index contributed by atoms with van der Waals surface area (Å²) in [5.74, 6) is -0.0986. The Labute approximate surface area is 96.1 Å². The first-order valence-electron chi connectivity index (χ1n) is 5.64. The minimum Gasteiger partial charge on any atom is -0.469 e. The van der Waals surface area contributed by atoms with Gasteiger partial charge in [-0.2, -0.15) is 0 Å². The van der Waals surface area contributed by atoms with Crippen LogP contribution in [0.1, 0.15) is 19.8 Å². The molecule has 0 aromatic heterocycles. The van der Waals surface area contributed by atoms with Crippen molar-refractivity contribution in [2.45, 2.75) is 25.8 Å². The molecule has 1 N–H and O–H groups in total. The van der Waals surface area contributed by atoms with Gasteiger partial charge in [-0.1, -0.05) is 0 Å². The summed E-state index contributed by atoms with van der Waals surface area (Å²) < 4.78 is 4.70. The van der Waals surface area contributed by atoms with Gasteiger partial charge in [-0.3, -0.25) is 9.59 Å². The fourth-order valence-electron chi connectivity index (χ4n) is 1.90. The van der Waals surface area contributed by atoms with Crippen LogP contribution in [0.2, 0.25) is 0 Å². The predicted octanol–water partition coefficient (Wildman–Crippen LogP) is 0.00590. The van der Waals surface area contributed by atoms with Crippen molar-refractivity contribution in [2.75, 3.05) is 27.2 Å². The number of likely N-dealkylation sites (tertiary alicyclic amines) is 1. The zero-order valence-electron chi connectivity index (χ0n) is 10.2. The van der Waals surface area contributed by atoms with E-state index >= 15 is 0 Å². The number of nitrogens with zero attached hydrogens (tertiary/aromatic N) is 1. The zero-order valence-corrected chi connectivity index (χ0v) is 10.2. The lowest BCUT2D eigenvalue weighted by molar-refractivity contribution is -0.149. The van der Waals surface area contributed by atoms with Crippen LogP contribution in [-0.4, -0.2) is 50.1 Å². The van der Waals surface area contributed by atoms with E-state index in [0.717, 1.165) is 0 Å². The SMILES string of the molecule is CNC(C)C(=O)N1CCC(C(=O)OC)CC1. The highest BCUT2D eigenvalue weighted by Gasteiger charge is 2.29. The second kappa shape index (κ2) is 5.84. The van der Waals surface area contributed by atoms with Crippen molar-refractivity contribution in [2.24, 2.45) is 5.92 Å². The van der Waals surface area contributed by atoms with Gasteiger partial charge in [-0.05, 0) is 26.8 Å². The number of carbonyl (C=O) groups excluding carboxylic acids is 2. The van der Waals surface area contributed by atoms with E-state index < -0.39 is 0 Å². The summed E-state index contributed by atoms with van der Waals surface area (Å²) >= 11 is 0. The fourth-order valence-corrected chi connectivity index (χ4v) is 1.90. The molecular formula is C11H20N2O3. The maximum absolute atomic E-state index is 11.8. The molecule has 5 heteroatoms. The highest BCUT2D eigenvalue weighted by atomic mass is 16.5. The number of nitrogens with one attached hydrogen (secondary N) is 1. The quantitative estimate of drug-likeness (QED) is 0.691. The molecule has 0 bridgehead atoms. The van der Waals surface area contributed by atoms with E-state index in [-0.39, 0.29) is 23.8 Å². The number of rotatable bonds is 3. The fraction of sp³-hybridized carbons (Fsp3) is 0.818. The molecule has 1 atom stereocenters. The molecule has 1 rings (SSSR count). The van der Waals surface area contributed by atoms with Crippen LogP contribution in [0.4, 0.5) is 0 Å². The van der Waals surface area contributed by atoms with Crippen molar-refractivity contribution in [3.05, 3.63) is 0 Å². The molecule has 1 unspecified atom stereocenters. The second-order valence-corrected chi connectivity index (χ2v) is 4.13. The summed E-state index contributed by atoms with van der Waals surface area (Å²) in [6, 6.07) is -0.158. The number of likely N-dealkylation sites (N-methyl/N-ethyl adjacent to an activating group) is 1. The molecule has 0 spiro atoms. The standard InChI is InChI=1S/C11H20N2O3/c1-8(12-2)10(14)13-6-4-9(5-7-13)11(15)16-3/h8-9,12H,4-7H2,1-3H3. The van der Waals surface area contributed by atoms with Crippen LogP contribution >= 0.6 is 0 Å². The maximum atomic E-state index is 11.8. The molecule has 0 saturated carbocycles. The summed E-state index contributed by atoms with van der Waals surface area (Å²) in [6.45, 7) is 3.13. The molecule has 0 aromatic rings. The Kier molecular flexibility index (Phi) is 4.73. The van der Waals surface area contributed by atoms with Gasteiger partial charge in [0, 0.05) is 13.1 Å². The van der Waals surface area contributed by atoms with Gasteiger partial charge in [0.15, 0.2) is 0 Å². The van der Waals surface area contributed by atoms with Crippen LogP contribution in [-0.2, 0) is 14.3 Å². The number of hydrogen-bond donors (Lipinski definition) is 1. The zero-order chi connectivity index (χ0) is 12.1. The predicted molar refractivity (Wildman–Crippen MR) is 59.8 cm³/mol. The van der Waals surface area contributed by atoms with E-state index in [2.05, 4.69) is 5.32 Å². The van der Waals surface area contributed by atoms with Crippen LogP contribution in [0, 0.1) is 5.92 Å². The molecule has 1 saturated heterocycles. The highest BCUT2D eigenvalue weighted by Crippen LogP contribution is 2.18. The van der Waals surface area contributed by atoms with E-state index in [1.54, 1.807) is 11.9 Å². The first kappa shape index (κ1) is 13.0.